The average molecular weight is 275 g/mol. The van der Waals surface area contributed by atoms with Crippen LogP contribution in [0, 0.1) is 11.3 Å². The maximum absolute atomic E-state index is 3.64. The van der Waals surface area contributed by atoms with E-state index in [4.69, 9.17) is 0 Å². The third-order valence-corrected chi connectivity index (χ3v) is 3.88. The van der Waals surface area contributed by atoms with Crippen molar-refractivity contribution in [1.82, 2.24) is 10.2 Å². The maximum atomic E-state index is 3.64. The summed E-state index contributed by atoms with van der Waals surface area (Å²) in [7, 11) is 2.26. The van der Waals surface area contributed by atoms with Crippen LogP contribution in [-0.2, 0) is 0 Å². The summed E-state index contributed by atoms with van der Waals surface area (Å²) in [5, 5.41) is 3.64. The van der Waals surface area contributed by atoms with Gasteiger partial charge in [-0.05, 0) is 37.6 Å². The fourth-order valence-corrected chi connectivity index (χ4v) is 2.96. The highest BCUT2D eigenvalue weighted by Gasteiger charge is 2.24. The molecule has 1 unspecified atom stereocenters. The van der Waals surface area contributed by atoms with Gasteiger partial charge in [-0.2, -0.15) is 11.8 Å². The summed E-state index contributed by atoms with van der Waals surface area (Å²) in [6, 6.07) is 0. The summed E-state index contributed by atoms with van der Waals surface area (Å²) in [5.41, 5.74) is 0.413. The second-order valence-electron chi connectivity index (χ2n) is 6.32. The van der Waals surface area contributed by atoms with Gasteiger partial charge in [0.15, 0.2) is 0 Å². The van der Waals surface area contributed by atoms with Crippen LogP contribution in [-0.4, -0.2) is 50.1 Å². The minimum atomic E-state index is 0.413. The molecule has 0 saturated heterocycles. The molecule has 0 fully saturated rings. The molecule has 0 rings (SSSR count). The lowest BCUT2D eigenvalue weighted by Crippen LogP contribution is -2.42. The Morgan fingerprint density at radius 1 is 1.33 bits per heavy atom. The number of nitrogens with one attached hydrogen (secondary N) is 1. The molecule has 0 aromatic heterocycles. The molecule has 0 heterocycles. The van der Waals surface area contributed by atoms with Crippen LogP contribution >= 0.6 is 11.8 Å². The molecule has 1 N–H and O–H groups in total. The first-order valence-electron chi connectivity index (χ1n) is 7.31. The van der Waals surface area contributed by atoms with Gasteiger partial charge in [0.25, 0.3) is 0 Å². The standard InChI is InChI=1S/C15H34N2S/c1-7-8-15(4,12-16-11-14(2)3)13-17(5)9-10-18-6/h14,16H,7-13H2,1-6H3. The zero-order chi connectivity index (χ0) is 14.0. The van der Waals surface area contributed by atoms with Gasteiger partial charge < -0.3 is 10.2 Å². The lowest BCUT2D eigenvalue weighted by atomic mass is 9.84. The first-order valence-corrected chi connectivity index (χ1v) is 8.71. The van der Waals surface area contributed by atoms with Crippen molar-refractivity contribution in [2.75, 3.05) is 45.2 Å². The summed E-state index contributed by atoms with van der Waals surface area (Å²) >= 11 is 1.93. The van der Waals surface area contributed by atoms with E-state index in [1.54, 1.807) is 0 Å². The molecule has 0 aromatic carbocycles. The maximum Gasteiger partial charge on any atom is 0.00694 e. The van der Waals surface area contributed by atoms with Crippen molar-refractivity contribution in [3.8, 4) is 0 Å². The van der Waals surface area contributed by atoms with E-state index in [2.05, 4.69) is 51.2 Å². The number of thioether (sulfide) groups is 1. The quantitative estimate of drug-likeness (QED) is 0.622. The molecular formula is C15H34N2S. The van der Waals surface area contributed by atoms with E-state index in [9.17, 15) is 0 Å². The van der Waals surface area contributed by atoms with E-state index in [-0.39, 0.29) is 0 Å². The zero-order valence-electron chi connectivity index (χ0n) is 13.4. The SMILES string of the molecule is CCCC(C)(CNCC(C)C)CN(C)CCSC. The van der Waals surface area contributed by atoms with Gasteiger partial charge in [0.2, 0.25) is 0 Å². The Morgan fingerprint density at radius 2 is 2.00 bits per heavy atom. The molecule has 110 valence electrons. The lowest BCUT2D eigenvalue weighted by molar-refractivity contribution is 0.178. The molecule has 0 aromatic rings. The molecule has 2 nitrogen and oxygen atoms in total. The van der Waals surface area contributed by atoms with Crippen molar-refractivity contribution in [3.05, 3.63) is 0 Å². The molecule has 0 aliphatic rings. The van der Waals surface area contributed by atoms with Crippen LogP contribution in [0.2, 0.25) is 0 Å². The van der Waals surface area contributed by atoms with Crippen LogP contribution in [0.1, 0.15) is 40.5 Å². The first kappa shape index (κ1) is 18.3. The highest BCUT2D eigenvalue weighted by molar-refractivity contribution is 7.98. The normalized spacial score (nSPS) is 15.3. The first-order chi connectivity index (χ1) is 8.43. The highest BCUT2D eigenvalue weighted by atomic mass is 32.2. The molecule has 0 saturated carbocycles. The summed E-state index contributed by atoms with van der Waals surface area (Å²) < 4.78 is 0. The van der Waals surface area contributed by atoms with Crippen molar-refractivity contribution < 1.29 is 0 Å². The van der Waals surface area contributed by atoms with Gasteiger partial charge in [0, 0.05) is 25.4 Å². The molecule has 18 heavy (non-hydrogen) atoms. The van der Waals surface area contributed by atoms with Crippen LogP contribution in [0.5, 0.6) is 0 Å². The molecule has 0 bridgehead atoms. The van der Waals surface area contributed by atoms with Gasteiger partial charge in [0.1, 0.15) is 0 Å². The topological polar surface area (TPSA) is 15.3 Å². The van der Waals surface area contributed by atoms with E-state index in [0.717, 1.165) is 19.0 Å². The Hall–Kier alpha value is 0.270. The van der Waals surface area contributed by atoms with Crippen molar-refractivity contribution >= 4 is 11.8 Å². The van der Waals surface area contributed by atoms with Gasteiger partial charge in [-0.25, -0.2) is 0 Å². The third-order valence-electron chi connectivity index (χ3n) is 3.29. The van der Waals surface area contributed by atoms with E-state index < -0.39 is 0 Å². The fourth-order valence-electron chi connectivity index (χ4n) is 2.47. The lowest BCUT2D eigenvalue weighted by Gasteiger charge is -2.34. The van der Waals surface area contributed by atoms with Gasteiger partial charge >= 0.3 is 0 Å². The molecule has 0 radical (unpaired) electrons. The Kier molecular flexibility index (Phi) is 10.3. The Labute approximate surface area is 119 Å². The van der Waals surface area contributed by atoms with E-state index in [1.807, 2.05) is 11.8 Å². The van der Waals surface area contributed by atoms with Crippen LogP contribution < -0.4 is 5.32 Å². The number of rotatable bonds is 11. The second-order valence-corrected chi connectivity index (χ2v) is 7.30. The van der Waals surface area contributed by atoms with Crippen LogP contribution in [0.3, 0.4) is 0 Å². The van der Waals surface area contributed by atoms with Crippen molar-refractivity contribution in [2.45, 2.75) is 40.5 Å². The molecule has 0 aliphatic carbocycles. The van der Waals surface area contributed by atoms with Crippen LogP contribution in [0.25, 0.3) is 0 Å². The summed E-state index contributed by atoms with van der Waals surface area (Å²) in [4.78, 5) is 2.49. The predicted octanol–water partition coefficient (Wildman–Crippen LogP) is 3.33. The van der Waals surface area contributed by atoms with Crippen molar-refractivity contribution in [1.29, 1.82) is 0 Å². The zero-order valence-corrected chi connectivity index (χ0v) is 14.2. The summed E-state index contributed by atoms with van der Waals surface area (Å²) in [6.45, 7) is 13.9. The minimum Gasteiger partial charge on any atom is -0.316 e. The fraction of sp³-hybridized carbons (Fsp3) is 1.00. The average Bonchev–Trinajstić information content (AvgIpc) is 2.25. The minimum absolute atomic E-state index is 0.413. The Balaban J connectivity index is 4.14. The van der Waals surface area contributed by atoms with Gasteiger partial charge in [-0.1, -0.05) is 34.1 Å². The predicted molar refractivity (Wildman–Crippen MR) is 86.6 cm³/mol. The van der Waals surface area contributed by atoms with Gasteiger partial charge in [0.05, 0.1) is 0 Å². The molecule has 0 spiro atoms. The molecule has 0 amide bonds. The van der Waals surface area contributed by atoms with E-state index in [1.165, 1.54) is 31.7 Å². The molecule has 0 aliphatic heterocycles. The van der Waals surface area contributed by atoms with Crippen LogP contribution in [0.15, 0.2) is 0 Å². The van der Waals surface area contributed by atoms with Gasteiger partial charge in [-0.3, -0.25) is 0 Å². The number of hydrogen-bond donors (Lipinski definition) is 1. The smallest absolute Gasteiger partial charge is 0.00694 e. The third kappa shape index (κ3) is 9.23. The van der Waals surface area contributed by atoms with Crippen molar-refractivity contribution in [3.63, 3.8) is 0 Å². The molecular weight excluding hydrogens is 240 g/mol. The van der Waals surface area contributed by atoms with Crippen LogP contribution in [0.4, 0.5) is 0 Å². The van der Waals surface area contributed by atoms with E-state index >= 15 is 0 Å². The van der Waals surface area contributed by atoms with E-state index in [0.29, 0.717) is 5.41 Å². The summed E-state index contributed by atoms with van der Waals surface area (Å²) in [5.74, 6) is 1.98. The second kappa shape index (κ2) is 10.1. The number of nitrogens with zero attached hydrogens (tertiary/aromatic N) is 1. The molecule has 1 atom stereocenters. The van der Waals surface area contributed by atoms with Gasteiger partial charge in [-0.15, -0.1) is 0 Å². The number of hydrogen-bond acceptors (Lipinski definition) is 3. The highest BCUT2D eigenvalue weighted by Crippen LogP contribution is 2.23. The van der Waals surface area contributed by atoms with Crippen molar-refractivity contribution in [2.24, 2.45) is 11.3 Å². The Bertz CT molecular complexity index is 197. The summed E-state index contributed by atoms with van der Waals surface area (Å²) in [6.07, 6.45) is 4.77. The molecule has 3 heteroatoms. The largest absolute Gasteiger partial charge is 0.316 e. The Morgan fingerprint density at radius 3 is 2.50 bits per heavy atom. The monoisotopic (exact) mass is 274 g/mol.